The van der Waals surface area contributed by atoms with E-state index in [1.807, 2.05) is 21.5 Å². The number of hydrogen-bond donors (Lipinski definition) is 2. The van der Waals surface area contributed by atoms with Gasteiger partial charge in [0, 0.05) is 42.7 Å². The van der Waals surface area contributed by atoms with Crippen molar-refractivity contribution in [2.45, 2.75) is 38.1 Å². The molecule has 6 rings (SSSR count). The van der Waals surface area contributed by atoms with Crippen LogP contribution in [-0.2, 0) is 13.0 Å². The maximum atomic E-state index is 14.5. The zero-order chi connectivity index (χ0) is 20.9. The Labute approximate surface area is 178 Å². The van der Waals surface area contributed by atoms with Gasteiger partial charge in [0.2, 0.25) is 0 Å². The van der Waals surface area contributed by atoms with Crippen LogP contribution in [0, 0.1) is 17.1 Å². The van der Waals surface area contributed by atoms with Crippen molar-refractivity contribution in [2.75, 3.05) is 6.61 Å². The Balaban J connectivity index is 1.31. The van der Waals surface area contributed by atoms with Crippen LogP contribution in [0.4, 0.5) is 4.39 Å². The number of halogens is 1. The molecule has 2 aromatic heterocycles. The summed E-state index contributed by atoms with van der Waals surface area (Å²) in [7, 11) is 0. The van der Waals surface area contributed by atoms with E-state index in [1.54, 1.807) is 18.5 Å². The first-order valence-corrected chi connectivity index (χ1v) is 10.4. The Morgan fingerprint density at radius 1 is 1.32 bits per heavy atom. The first-order chi connectivity index (χ1) is 15.2. The predicted molar refractivity (Wildman–Crippen MR) is 109 cm³/mol. The van der Waals surface area contributed by atoms with Crippen LogP contribution in [0.1, 0.15) is 53.5 Å². The van der Waals surface area contributed by atoms with Gasteiger partial charge in [-0.15, -0.1) is 0 Å². The fourth-order valence-electron chi connectivity index (χ4n) is 4.34. The zero-order valence-corrected chi connectivity index (χ0v) is 16.7. The first kappa shape index (κ1) is 18.2. The zero-order valence-electron chi connectivity index (χ0n) is 16.7. The highest BCUT2D eigenvalue weighted by Gasteiger charge is 2.31. The van der Waals surface area contributed by atoms with Crippen LogP contribution in [0.3, 0.4) is 0 Å². The SMILES string of the molecule is N#Cc1cn2c(n1)C(c1ccnn1C1CC1)=CNC2NCc1c(F)ccc2c1CCO2. The molecule has 0 bridgehead atoms. The lowest BCUT2D eigenvalue weighted by Gasteiger charge is -2.28. The lowest BCUT2D eigenvalue weighted by molar-refractivity contribution is 0.350. The second kappa shape index (κ2) is 6.96. The number of nitriles is 1. The van der Waals surface area contributed by atoms with Crippen molar-refractivity contribution in [3.05, 3.63) is 70.9 Å². The van der Waals surface area contributed by atoms with Gasteiger partial charge in [-0.2, -0.15) is 10.4 Å². The third-order valence-electron chi connectivity index (χ3n) is 6.00. The van der Waals surface area contributed by atoms with Crippen LogP contribution in [-0.4, -0.2) is 25.9 Å². The number of aromatic nitrogens is 4. The van der Waals surface area contributed by atoms with Gasteiger partial charge in [-0.25, -0.2) is 9.37 Å². The molecule has 0 radical (unpaired) electrons. The molecule has 9 heteroatoms. The maximum absolute atomic E-state index is 14.5. The molecule has 1 aromatic carbocycles. The van der Waals surface area contributed by atoms with Gasteiger partial charge in [0.1, 0.15) is 23.5 Å². The van der Waals surface area contributed by atoms with Crippen LogP contribution < -0.4 is 15.4 Å². The van der Waals surface area contributed by atoms with Crippen LogP contribution in [0.15, 0.2) is 36.8 Å². The summed E-state index contributed by atoms with van der Waals surface area (Å²) in [5.41, 5.74) is 3.70. The van der Waals surface area contributed by atoms with Crippen LogP contribution in [0.5, 0.6) is 5.75 Å². The molecule has 31 heavy (non-hydrogen) atoms. The van der Waals surface area contributed by atoms with E-state index in [-0.39, 0.29) is 12.1 Å². The van der Waals surface area contributed by atoms with Gasteiger partial charge in [-0.3, -0.25) is 14.6 Å². The minimum atomic E-state index is -0.372. The summed E-state index contributed by atoms with van der Waals surface area (Å²) in [6.07, 6.45) is 7.96. The van der Waals surface area contributed by atoms with Gasteiger partial charge < -0.3 is 10.1 Å². The number of imidazole rings is 1. The lowest BCUT2D eigenvalue weighted by Crippen LogP contribution is -2.39. The van der Waals surface area contributed by atoms with Crippen LogP contribution >= 0.6 is 0 Å². The number of ether oxygens (including phenoxy) is 1. The second-order valence-electron chi connectivity index (χ2n) is 7.97. The van der Waals surface area contributed by atoms with Gasteiger partial charge in [0.05, 0.1) is 23.9 Å². The molecule has 1 saturated carbocycles. The van der Waals surface area contributed by atoms with Gasteiger partial charge >= 0.3 is 0 Å². The van der Waals surface area contributed by atoms with Gasteiger partial charge in [0.15, 0.2) is 12.0 Å². The van der Waals surface area contributed by atoms with E-state index in [0.717, 1.165) is 35.4 Å². The summed E-state index contributed by atoms with van der Waals surface area (Å²) in [4.78, 5) is 4.53. The number of nitrogens with one attached hydrogen (secondary N) is 2. The first-order valence-electron chi connectivity index (χ1n) is 10.4. The maximum Gasteiger partial charge on any atom is 0.160 e. The number of nitrogens with zero attached hydrogens (tertiary/aromatic N) is 5. The molecule has 156 valence electrons. The normalized spacial score (nSPS) is 19.1. The molecule has 3 aromatic rings. The van der Waals surface area contributed by atoms with Crippen molar-refractivity contribution in [3.63, 3.8) is 0 Å². The lowest BCUT2D eigenvalue weighted by atomic mass is 10.0. The molecule has 0 amide bonds. The number of benzene rings is 1. The molecule has 0 spiro atoms. The van der Waals surface area contributed by atoms with E-state index < -0.39 is 0 Å². The monoisotopic (exact) mass is 417 g/mol. The minimum absolute atomic E-state index is 0.249. The molecular formula is C22H20FN7O. The molecule has 0 saturated heterocycles. The molecule has 1 atom stereocenters. The average molecular weight is 417 g/mol. The van der Waals surface area contributed by atoms with E-state index in [4.69, 9.17) is 4.74 Å². The highest BCUT2D eigenvalue weighted by atomic mass is 19.1. The number of rotatable bonds is 5. The second-order valence-corrected chi connectivity index (χ2v) is 7.97. The Morgan fingerprint density at radius 3 is 3.06 bits per heavy atom. The topological polar surface area (TPSA) is 92.7 Å². The smallest absolute Gasteiger partial charge is 0.160 e. The van der Waals surface area contributed by atoms with Gasteiger partial charge in [-0.1, -0.05) is 0 Å². The third-order valence-corrected chi connectivity index (χ3v) is 6.00. The molecule has 1 fully saturated rings. The third kappa shape index (κ3) is 2.99. The average Bonchev–Trinajstić information content (AvgIpc) is 3.19. The highest BCUT2D eigenvalue weighted by Crippen LogP contribution is 2.38. The summed E-state index contributed by atoms with van der Waals surface area (Å²) in [6.45, 7) is 0.893. The van der Waals surface area contributed by atoms with E-state index in [0.29, 0.717) is 42.7 Å². The van der Waals surface area contributed by atoms with E-state index >= 15 is 0 Å². The number of fused-ring (bicyclic) bond motifs is 2. The largest absolute Gasteiger partial charge is 0.493 e. The van der Waals surface area contributed by atoms with Crippen LogP contribution in [0.2, 0.25) is 0 Å². The van der Waals surface area contributed by atoms with Crippen molar-refractivity contribution >= 4 is 5.57 Å². The van der Waals surface area contributed by atoms with Crippen LogP contribution in [0.25, 0.3) is 5.57 Å². The van der Waals surface area contributed by atoms with E-state index in [1.165, 1.54) is 6.07 Å². The Kier molecular flexibility index (Phi) is 4.07. The van der Waals surface area contributed by atoms with Crippen molar-refractivity contribution in [1.29, 1.82) is 5.26 Å². The van der Waals surface area contributed by atoms with Crippen molar-refractivity contribution in [3.8, 4) is 11.8 Å². The Morgan fingerprint density at radius 2 is 2.23 bits per heavy atom. The standard InChI is InChI=1S/C22H20FN7O/c23-18-3-4-20-15(6-8-31-20)16(18)10-25-22-26-11-17(21-28-13(9-24)12-29(21)22)19-5-7-27-30(19)14-1-2-14/h3-5,7,11-12,14,22,25-26H,1-2,6,8,10H2. The molecule has 1 aliphatic carbocycles. The molecular weight excluding hydrogens is 397 g/mol. The summed E-state index contributed by atoms with van der Waals surface area (Å²) in [5, 5.41) is 20.6. The Hall–Kier alpha value is -3.64. The Bertz CT molecular complexity index is 1250. The molecule has 8 nitrogen and oxygen atoms in total. The van der Waals surface area contributed by atoms with Crippen molar-refractivity contribution in [2.24, 2.45) is 0 Å². The molecule has 1 unspecified atom stereocenters. The molecule has 3 aliphatic rings. The number of hydrogen-bond acceptors (Lipinski definition) is 6. The fraction of sp³-hybridized carbons (Fsp3) is 0.318. The van der Waals surface area contributed by atoms with Gasteiger partial charge in [-0.05, 0) is 31.0 Å². The summed E-state index contributed by atoms with van der Waals surface area (Å²) in [6, 6.07) is 7.64. The summed E-state index contributed by atoms with van der Waals surface area (Å²) in [5.74, 6) is 1.18. The van der Waals surface area contributed by atoms with Gasteiger partial charge in [0.25, 0.3) is 0 Å². The summed E-state index contributed by atoms with van der Waals surface area (Å²) >= 11 is 0. The quantitative estimate of drug-likeness (QED) is 0.663. The summed E-state index contributed by atoms with van der Waals surface area (Å²) < 4.78 is 24.0. The fourth-order valence-corrected chi connectivity index (χ4v) is 4.34. The van der Waals surface area contributed by atoms with Crippen molar-refractivity contribution < 1.29 is 9.13 Å². The molecule has 2 N–H and O–H groups in total. The van der Waals surface area contributed by atoms with E-state index in [2.05, 4.69) is 26.8 Å². The van der Waals surface area contributed by atoms with E-state index in [9.17, 15) is 9.65 Å². The molecule has 4 heterocycles. The molecule has 2 aliphatic heterocycles. The minimum Gasteiger partial charge on any atom is -0.493 e. The van der Waals surface area contributed by atoms with Crippen molar-refractivity contribution in [1.82, 2.24) is 30.0 Å². The highest BCUT2D eigenvalue weighted by molar-refractivity contribution is 5.75. The predicted octanol–water partition coefficient (Wildman–Crippen LogP) is 2.60.